The van der Waals surface area contributed by atoms with Crippen LogP contribution in [-0.4, -0.2) is 29.0 Å². The lowest BCUT2D eigenvalue weighted by Gasteiger charge is -2.12. The van der Waals surface area contributed by atoms with Crippen molar-refractivity contribution in [3.8, 4) is 0 Å². The number of anilines is 3. The fourth-order valence-corrected chi connectivity index (χ4v) is 1.66. The van der Waals surface area contributed by atoms with E-state index in [0.29, 0.717) is 18.8 Å². The van der Waals surface area contributed by atoms with E-state index in [1.165, 1.54) is 0 Å². The zero-order chi connectivity index (χ0) is 15.2. The van der Waals surface area contributed by atoms with Gasteiger partial charge in [0.1, 0.15) is 5.82 Å². The van der Waals surface area contributed by atoms with Crippen molar-refractivity contribution in [2.24, 2.45) is 11.5 Å². The lowest BCUT2D eigenvalue weighted by atomic mass is 10.2. The van der Waals surface area contributed by atoms with E-state index < -0.39 is 11.7 Å². The van der Waals surface area contributed by atoms with Crippen LogP contribution in [0.3, 0.4) is 0 Å². The van der Waals surface area contributed by atoms with Crippen LogP contribution in [0.2, 0.25) is 0 Å². The summed E-state index contributed by atoms with van der Waals surface area (Å²) >= 11 is 0. The van der Waals surface area contributed by atoms with Crippen LogP contribution in [0, 0.1) is 5.82 Å². The summed E-state index contributed by atoms with van der Waals surface area (Å²) in [6.45, 7) is 0.677. The summed E-state index contributed by atoms with van der Waals surface area (Å²) in [5, 5.41) is 5.62. The van der Waals surface area contributed by atoms with E-state index >= 15 is 0 Å². The van der Waals surface area contributed by atoms with Crippen LogP contribution in [0.1, 0.15) is 10.4 Å². The van der Waals surface area contributed by atoms with Gasteiger partial charge >= 0.3 is 0 Å². The topological polar surface area (TPSA) is 119 Å². The van der Waals surface area contributed by atoms with Crippen LogP contribution in [0.4, 0.5) is 21.7 Å². The SMILES string of the molecule is NCCNc1nc(Nc2cccnc2)c(C(N)=O)cc1F. The first kappa shape index (κ1) is 14.7. The first-order chi connectivity index (χ1) is 10.1. The van der Waals surface area contributed by atoms with Gasteiger partial charge in [0.25, 0.3) is 5.91 Å². The first-order valence-electron chi connectivity index (χ1n) is 6.23. The van der Waals surface area contributed by atoms with E-state index in [-0.39, 0.29) is 17.2 Å². The molecular formula is C13H15FN6O. The quantitative estimate of drug-likeness (QED) is 0.625. The molecule has 0 bridgehead atoms. The van der Waals surface area contributed by atoms with Crippen molar-refractivity contribution in [1.29, 1.82) is 0 Å². The van der Waals surface area contributed by atoms with Gasteiger partial charge in [0, 0.05) is 19.3 Å². The molecule has 2 aromatic rings. The van der Waals surface area contributed by atoms with Crippen LogP contribution in [-0.2, 0) is 0 Å². The minimum atomic E-state index is -0.779. The minimum absolute atomic E-state index is 0.00293. The third-order valence-corrected chi connectivity index (χ3v) is 2.60. The molecule has 6 N–H and O–H groups in total. The molecule has 0 saturated heterocycles. The maximum Gasteiger partial charge on any atom is 0.252 e. The van der Waals surface area contributed by atoms with Crippen molar-refractivity contribution in [2.75, 3.05) is 23.7 Å². The van der Waals surface area contributed by atoms with Crippen molar-refractivity contribution in [3.63, 3.8) is 0 Å². The van der Waals surface area contributed by atoms with E-state index in [4.69, 9.17) is 11.5 Å². The average Bonchev–Trinajstić information content (AvgIpc) is 2.48. The number of rotatable bonds is 6. The normalized spacial score (nSPS) is 10.2. The number of nitrogens with one attached hydrogen (secondary N) is 2. The van der Waals surface area contributed by atoms with E-state index in [1.807, 2.05) is 0 Å². The number of hydrogen-bond acceptors (Lipinski definition) is 6. The molecule has 0 aliphatic rings. The molecule has 110 valence electrons. The second kappa shape index (κ2) is 6.62. The first-order valence-corrected chi connectivity index (χ1v) is 6.23. The number of aromatic nitrogens is 2. The molecule has 0 aliphatic carbocycles. The van der Waals surface area contributed by atoms with Gasteiger partial charge in [-0.2, -0.15) is 0 Å². The molecule has 0 aliphatic heterocycles. The van der Waals surface area contributed by atoms with Gasteiger partial charge in [0.15, 0.2) is 11.6 Å². The summed E-state index contributed by atoms with van der Waals surface area (Å²) in [5.41, 5.74) is 11.2. The highest BCUT2D eigenvalue weighted by atomic mass is 19.1. The fourth-order valence-electron chi connectivity index (χ4n) is 1.66. The Kier molecular flexibility index (Phi) is 4.62. The van der Waals surface area contributed by atoms with Gasteiger partial charge in [0.05, 0.1) is 17.4 Å². The molecule has 7 nitrogen and oxygen atoms in total. The second-order valence-corrected chi connectivity index (χ2v) is 4.16. The van der Waals surface area contributed by atoms with E-state index in [2.05, 4.69) is 20.6 Å². The predicted molar refractivity (Wildman–Crippen MR) is 77.8 cm³/mol. The van der Waals surface area contributed by atoms with Gasteiger partial charge < -0.3 is 22.1 Å². The molecule has 2 aromatic heterocycles. The van der Waals surface area contributed by atoms with Crippen LogP contribution < -0.4 is 22.1 Å². The third kappa shape index (κ3) is 3.63. The van der Waals surface area contributed by atoms with Crippen LogP contribution >= 0.6 is 0 Å². The zero-order valence-corrected chi connectivity index (χ0v) is 11.1. The molecule has 0 spiro atoms. The maximum absolute atomic E-state index is 13.8. The van der Waals surface area contributed by atoms with E-state index in [0.717, 1.165) is 6.07 Å². The van der Waals surface area contributed by atoms with Crippen LogP contribution in [0.25, 0.3) is 0 Å². The second-order valence-electron chi connectivity index (χ2n) is 4.16. The Hall–Kier alpha value is -2.74. The number of nitrogens with zero attached hydrogens (tertiary/aromatic N) is 2. The maximum atomic E-state index is 13.8. The number of primary amides is 1. The third-order valence-electron chi connectivity index (χ3n) is 2.60. The van der Waals surface area contributed by atoms with Gasteiger partial charge in [-0.15, -0.1) is 0 Å². The molecule has 2 heterocycles. The molecule has 0 fully saturated rings. The lowest BCUT2D eigenvalue weighted by molar-refractivity contribution is 0.100. The smallest absolute Gasteiger partial charge is 0.252 e. The molecule has 0 atom stereocenters. The van der Waals surface area contributed by atoms with E-state index in [1.54, 1.807) is 24.5 Å². The van der Waals surface area contributed by atoms with Crippen LogP contribution in [0.15, 0.2) is 30.6 Å². The Bertz CT molecular complexity index is 634. The molecule has 0 saturated carbocycles. The predicted octanol–water partition coefficient (Wildman–Crippen LogP) is 0.829. The summed E-state index contributed by atoms with van der Waals surface area (Å²) < 4.78 is 13.8. The molecule has 0 aromatic carbocycles. The van der Waals surface area contributed by atoms with Gasteiger partial charge in [-0.25, -0.2) is 9.37 Å². The number of halogens is 1. The number of hydrogen-bond donors (Lipinski definition) is 4. The number of carbonyl (C=O) groups is 1. The molecule has 8 heteroatoms. The Morgan fingerprint density at radius 1 is 1.38 bits per heavy atom. The molecule has 0 radical (unpaired) electrons. The standard InChI is InChI=1S/C13H15FN6O/c14-10-6-9(11(16)21)12(20-13(10)18-5-3-15)19-8-2-1-4-17-7-8/h1-2,4,6-7H,3,5,15H2,(H2,16,21)(H2,18,19,20). The summed E-state index contributed by atoms with van der Waals surface area (Å²) in [6.07, 6.45) is 3.15. The van der Waals surface area contributed by atoms with Crippen molar-refractivity contribution >= 4 is 23.2 Å². The Labute approximate surface area is 120 Å². The highest BCUT2D eigenvalue weighted by Crippen LogP contribution is 2.23. The monoisotopic (exact) mass is 290 g/mol. The molecule has 21 heavy (non-hydrogen) atoms. The Balaban J connectivity index is 2.38. The number of pyridine rings is 2. The summed E-state index contributed by atoms with van der Waals surface area (Å²) in [5.74, 6) is -1.31. The number of amides is 1. The van der Waals surface area contributed by atoms with Crippen LogP contribution in [0.5, 0.6) is 0 Å². The van der Waals surface area contributed by atoms with Gasteiger partial charge in [0.2, 0.25) is 0 Å². The number of carbonyl (C=O) groups excluding carboxylic acids is 1. The Morgan fingerprint density at radius 2 is 2.19 bits per heavy atom. The van der Waals surface area contributed by atoms with Crippen molar-refractivity contribution < 1.29 is 9.18 Å². The van der Waals surface area contributed by atoms with Gasteiger partial charge in [-0.05, 0) is 18.2 Å². The highest BCUT2D eigenvalue weighted by molar-refractivity contribution is 5.98. The molecular weight excluding hydrogens is 275 g/mol. The van der Waals surface area contributed by atoms with Gasteiger partial charge in [-0.3, -0.25) is 9.78 Å². The van der Waals surface area contributed by atoms with Crippen molar-refractivity contribution in [2.45, 2.75) is 0 Å². The summed E-state index contributed by atoms with van der Waals surface area (Å²) in [7, 11) is 0. The Morgan fingerprint density at radius 3 is 2.81 bits per heavy atom. The van der Waals surface area contributed by atoms with Crippen molar-refractivity contribution in [3.05, 3.63) is 42.0 Å². The average molecular weight is 290 g/mol. The minimum Gasteiger partial charge on any atom is -0.366 e. The fraction of sp³-hybridized carbons (Fsp3) is 0.154. The zero-order valence-electron chi connectivity index (χ0n) is 11.1. The molecule has 0 unspecified atom stereocenters. The number of nitrogens with two attached hydrogens (primary N) is 2. The van der Waals surface area contributed by atoms with Crippen molar-refractivity contribution in [1.82, 2.24) is 9.97 Å². The van der Waals surface area contributed by atoms with Gasteiger partial charge in [-0.1, -0.05) is 0 Å². The largest absolute Gasteiger partial charge is 0.366 e. The molecule has 1 amide bonds. The lowest BCUT2D eigenvalue weighted by Crippen LogP contribution is -2.18. The molecule has 2 rings (SSSR count). The highest BCUT2D eigenvalue weighted by Gasteiger charge is 2.15. The van der Waals surface area contributed by atoms with E-state index in [9.17, 15) is 9.18 Å². The summed E-state index contributed by atoms with van der Waals surface area (Å²) in [6, 6.07) is 4.48. The summed E-state index contributed by atoms with van der Waals surface area (Å²) in [4.78, 5) is 19.4.